The molecule has 0 aromatic heterocycles. The van der Waals surface area contributed by atoms with E-state index in [-0.39, 0.29) is 17.3 Å². The summed E-state index contributed by atoms with van der Waals surface area (Å²) in [6.45, 7) is 7.72. The summed E-state index contributed by atoms with van der Waals surface area (Å²) in [4.78, 5) is 28.2. The van der Waals surface area contributed by atoms with E-state index < -0.39 is 17.7 Å². The molecule has 3 aromatic carbocycles. The Morgan fingerprint density at radius 1 is 0.972 bits per heavy atom. The van der Waals surface area contributed by atoms with Gasteiger partial charge in [-0.15, -0.1) is 0 Å². The number of Topliss-reactive ketones (excluding diaryl/α,β-unsaturated/α-hetero) is 1. The lowest BCUT2D eigenvalue weighted by Crippen LogP contribution is -2.29. The number of hydrogen-bond donors (Lipinski definition) is 1. The lowest BCUT2D eigenvalue weighted by molar-refractivity contribution is -0.132. The van der Waals surface area contributed by atoms with Crippen molar-refractivity contribution in [2.75, 3.05) is 12.0 Å². The Morgan fingerprint density at radius 3 is 2.22 bits per heavy atom. The Morgan fingerprint density at radius 2 is 1.64 bits per heavy atom. The largest absolute Gasteiger partial charge is 0.507 e. The van der Waals surface area contributed by atoms with E-state index in [0.717, 1.165) is 11.1 Å². The van der Waals surface area contributed by atoms with Crippen LogP contribution in [-0.4, -0.2) is 23.9 Å². The van der Waals surface area contributed by atoms with Crippen LogP contribution in [-0.2, 0) is 9.59 Å². The Bertz CT molecular complexity index is 1390. The van der Waals surface area contributed by atoms with Gasteiger partial charge in [-0.1, -0.05) is 55.2 Å². The third kappa shape index (κ3) is 4.49. The zero-order chi connectivity index (χ0) is 26.3. The molecule has 0 radical (unpaired) electrons. The molecule has 0 spiro atoms. The molecule has 1 atom stereocenters. The minimum atomic E-state index is -0.870. The van der Waals surface area contributed by atoms with E-state index in [1.54, 1.807) is 49.6 Å². The van der Waals surface area contributed by atoms with E-state index in [1.807, 2.05) is 39.8 Å². The first-order valence-electron chi connectivity index (χ1n) is 11.6. The number of nitrogens with zero attached hydrogens (tertiary/aromatic N) is 1. The number of aryl methyl sites for hydroxylation is 2. The molecule has 1 aliphatic heterocycles. The van der Waals surface area contributed by atoms with Gasteiger partial charge in [0.15, 0.2) is 0 Å². The summed E-state index contributed by atoms with van der Waals surface area (Å²) in [7, 11) is 1.60. The fourth-order valence-corrected chi connectivity index (χ4v) is 4.82. The molecular formula is C29H27Cl2NO4. The van der Waals surface area contributed by atoms with Crippen LogP contribution in [0.5, 0.6) is 5.75 Å². The SMILES string of the molecule is COc1cc(C)c(/C(O)=C2\C(=O)C(=O)N(c3ccc(C)c(Cl)c3)C2c2ccc(Cl)cc2)cc1C(C)C. The van der Waals surface area contributed by atoms with Crippen molar-refractivity contribution >= 4 is 46.3 Å². The lowest BCUT2D eigenvalue weighted by Gasteiger charge is -2.26. The molecule has 1 N–H and O–H groups in total. The van der Waals surface area contributed by atoms with E-state index in [4.69, 9.17) is 27.9 Å². The highest BCUT2D eigenvalue weighted by molar-refractivity contribution is 6.52. The van der Waals surface area contributed by atoms with E-state index in [0.29, 0.717) is 38.2 Å². The van der Waals surface area contributed by atoms with Crippen molar-refractivity contribution in [2.45, 2.75) is 39.7 Å². The van der Waals surface area contributed by atoms with Crippen molar-refractivity contribution < 1.29 is 19.4 Å². The summed E-state index contributed by atoms with van der Waals surface area (Å²) < 4.78 is 5.53. The van der Waals surface area contributed by atoms with Crippen molar-refractivity contribution in [3.8, 4) is 5.75 Å². The summed E-state index contributed by atoms with van der Waals surface area (Å²) in [5.41, 5.74) is 4.00. The summed E-state index contributed by atoms with van der Waals surface area (Å²) in [6, 6.07) is 14.8. The van der Waals surface area contributed by atoms with Crippen molar-refractivity contribution in [1.29, 1.82) is 0 Å². The highest BCUT2D eigenvalue weighted by Crippen LogP contribution is 2.44. The van der Waals surface area contributed by atoms with Gasteiger partial charge < -0.3 is 9.84 Å². The monoisotopic (exact) mass is 523 g/mol. The first-order valence-corrected chi connectivity index (χ1v) is 12.3. The van der Waals surface area contributed by atoms with Crippen LogP contribution in [0.15, 0.2) is 60.2 Å². The molecule has 3 aromatic rings. The number of ether oxygens (including phenoxy) is 1. The van der Waals surface area contributed by atoms with E-state index in [2.05, 4.69) is 0 Å². The number of aliphatic hydroxyl groups is 1. The number of carbonyl (C=O) groups excluding carboxylic acids is 2. The Labute approximate surface area is 220 Å². The van der Waals surface area contributed by atoms with Gasteiger partial charge >= 0.3 is 0 Å². The van der Waals surface area contributed by atoms with Crippen molar-refractivity contribution in [1.82, 2.24) is 0 Å². The highest BCUT2D eigenvalue weighted by atomic mass is 35.5. The van der Waals surface area contributed by atoms with Crippen LogP contribution >= 0.6 is 23.2 Å². The summed E-state index contributed by atoms with van der Waals surface area (Å²) in [5, 5.41) is 12.6. The van der Waals surface area contributed by atoms with Gasteiger partial charge in [0.25, 0.3) is 11.7 Å². The summed E-state index contributed by atoms with van der Waals surface area (Å²) >= 11 is 12.5. The molecule has 36 heavy (non-hydrogen) atoms. The quantitative estimate of drug-likeness (QED) is 0.215. The summed E-state index contributed by atoms with van der Waals surface area (Å²) in [6.07, 6.45) is 0. The number of hydrogen-bond acceptors (Lipinski definition) is 4. The van der Waals surface area contributed by atoms with E-state index in [1.165, 1.54) is 4.90 Å². The second-order valence-corrected chi connectivity index (χ2v) is 10.1. The summed E-state index contributed by atoms with van der Waals surface area (Å²) in [5.74, 6) is -0.951. The van der Waals surface area contributed by atoms with Crippen molar-refractivity contribution in [2.24, 2.45) is 0 Å². The van der Waals surface area contributed by atoms with Crippen LogP contribution in [0.2, 0.25) is 10.0 Å². The second kappa shape index (κ2) is 10.00. The molecule has 1 amide bonds. The number of aliphatic hydroxyl groups excluding tert-OH is 1. The molecule has 0 aliphatic carbocycles. The van der Waals surface area contributed by atoms with Gasteiger partial charge in [-0.25, -0.2) is 0 Å². The Balaban J connectivity index is 1.99. The molecule has 1 saturated heterocycles. The third-order valence-electron chi connectivity index (χ3n) is 6.52. The van der Waals surface area contributed by atoms with Crippen LogP contribution in [0.4, 0.5) is 5.69 Å². The van der Waals surface area contributed by atoms with Gasteiger partial charge in [0.05, 0.1) is 18.7 Å². The minimum absolute atomic E-state index is 0.00185. The number of rotatable bonds is 5. The first kappa shape index (κ1) is 25.8. The van der Waals surface area contributed by atoms with Crippen LogP contribution in [0.3, 0.4) is 0 Å². The third-order valence-corrected chi connectivity index (χ3v) is 7.18. The Hall–Kier alpha value is -3.28. The number of carbonyl (C=O) groups is 2. The van der Waals surface area contributed by atoms with Crippen molar-refractivity contribution in [3.63, 3.8) is 0 Å². The maximum atomic E-state index is 13.5. The molecule has 4 rings (SSSR count). The Kier molecular flexibility index (Phi) is 7.17. The fraction of sp³-hybridized carbons (Fsp3) is 0.241. The van der Waals surface area contributed by atoms with Gasteiger partial charge in [0, 0.05) is 21.3 Å². The average Bonchev–Trinajstić information content (AvgIpc) is 3.10. The number of benzene rings is 3. The highest BCUT2D eigenvalue weighted by Gasteiger charge is 2.47. The van der Waals surface area contributed by atoms with Crippen LogP contribution < -0.4 is 9.64 Å². The molecule has 0 bridgehead atoms. The molecule has 1 fully saturated rings. The topological polar surface area (TPSA) is 66.8 Å². The molecule has 1 unspecified atom stereocenters. The molecule has 5 nitrogen and oxygen atoms in total. The molecular weight excluding hydrogens is 497 g/mol. The fourth-order valence-electron chi connectivity index (χ4n) is 4.52. The molecule has 186 valence electrons. The molecule has 1 aliphatic rings. The second-order valence-electron chi connectivity index (χ2n) is 9.22. The predicted molar refractivity (Wildman–Crippen MR) is 144 cm³/mol. The molecule has 0 saturated carbocycles. The number of anilines is 1. The standard InChI is InChI=1S/C29H27Cl2NO4/c1-15(2)21-14-22(17(4)12-24(21)36-5)27(33)25-26(18-7-9-19(30)10-8-18)32(29(35)28(25)34)20-11-6-16(3)23(31)13-20/h6-15,26,33H,1-5H3/b27-25+. The van der Waals surface area contributed by atoms with Gasteiger partial charge in [-0.05, 0) is 78.4 Å². The number of methoxy groups -OCH3 is 1. The van der Waals surface area contributed by atoms with Gasteiger partial charge in [0.2, 0.25) is 0 Å². The van der Waals surface area contributed by atoms with E-state index in [9.17, 15) is 14.7 Å². The lowest BCUT2D eigenvalue weighted by atomic mass is 9.91. The zero-order valence-corrected chi connectivity index (χ0v) is 22.2. The van der Waals surface area contributed by atoms with Gasteiger partial charge in [0.1, 0.15) is 11.5 Å². The van der Waals surface area contributed by atoms with Crippen LogP contribution in [0.25, 0.3) is 5.76 Å². The predicted octanol–water partition coefficient (Wildman–Crippen LogP) is 7.37. The zero-order valence-electron chi connectivity index (χ0n) is 20.7. The average molecular weight is 524 g/mol. The number of amides is 1. The maximum Gasteiger partial charge on any atom is 0.300 e. The first-order chi connectivity index (χ1) is 17.0. The number of ketones is 1. The van der Waals surface area contributed by atoms with Gasteiger partial charge in [-0.2, -0.15) is 0 Å². The van der Waals surface area contributed by atoms with E-state index >= 15 is 0 Å². The van der Waals surface area contributed by atoms with Crippen LogP contribution in [0.1, 0.15) is 53.6 Å². The number of halogens is 2. The smallest absolute Gasteiger partial charge is 0.300 e. The van der Waals surface area contributed by atoms with Gasteiger partial charge in [-0.3, -0.25) is 14.5 Å². The molecule has 7 heteroatoms. The minimum Gasteiger partial charge on any atom is -0.507 e. The van der Waals surface area contributed by atoms with Crippen LogP contribution in [0, 0.1) is 13.8 Å². The normalized spacial score (nSPS) is 17.2. The maximum absolute atomic E-state index is 13.5. The molecule has 1 heterocycles. The van der Waals surface area contributed by atoms with Crippen molar-refractivity contribution in [3.05, 3.63) is 98.0 Å².